The molecule has 0 aliphatic heterocycles. The molecule has 36 heteroatoms. The molecule has 122 heavy (non-hydrogen) atoms. The van der Waals surface area contributed by atoms with Crippen LogP contribution in [0.15, 0.2) is 237 Å². The zero-order valence-corrected chi connectivity index (χ0v) is 69.5. The standard InChI is InChI=1S/C29H28N8O3.C27H23N7O3.C26H21N7O3.C3H9NO.CH4O.Na.H2O/c1-18-26(37-15-12-20(17-25(37)33-18)27(38)31-14-16-40-2)24-11-13-32-29(36-24)34-21-9-7-19(8-10-21)28(39)35-23-6-4-3-5-22(23)30;1-16-24(34-14-12-18(26(36)37-2)15-23(34)30-16)22-11-13-29-27(33-22)31-19-9-7-17(8-10-19)25(35)32-21-6-4-3-5-20(21)28;1-15-23(33-13-11-17(25(35)36)14-22(33)29-15)21-10-12-28-26(32-21)30-18-8-6-16(7-9-18)24(34)31-20-5-3-2-4-19(20)27;1-5-3-2-4;1-2;;/h3-13,15,17H,14,16,30H2,1-2H3,(H,31,38)(H,35,39)(H,32,34,36);3-15H,28H2,1-2H3,(H,32,35)(H,29,31,33);2-14H,27H2,1H3,(H,31,34)(H,35,36)(H,28,30,32);2-4H2,1H3;2H,1H3;;1H2/q;;;;;+1;/p-1. The van der Waals surface area contributed by atoms with Crippen molar-refractivity contribution in [3.8, 4) is 34.2 Å². The number of nitrogen functional groups attached to an aromatic ring is 3. The number of carbonyl (C=O) groups is 6. The van der Waals surface area contributed by atoms with Gasteiger partial charge in [-0.15, -0.1) is 0 Å². The second kappa shape index (κ2) is 43.5. The molecule has 0 atom stereocenters. The number of esters is 1. The Kier molecular flexibility index (Phi) is 32.4. The number of nitrogens with zero attached hydrogens (tertiary/aromatic N) is 12. The van der Waals surface area contributed by atoms with Gasteiger partial charge in [0.05, 0.1) is 117 Å². The monoisotopic (exact) mass is 1660 g/mol. The number of nitrogens with one attached hydrogen (secondary N) is 7. The minimum absolute atomic E-state index is 0. The number of aromatic carboxylic acids is 1. The molecular weight excluding hydrogens is 1570 g/mol. The van der Waals surface area contributed by atoms with Crippen molar-refractivity contribution in [2.45, 2.75) is 20.8 Å². The number of carbonyl (C=O) groups excluding carboxylic acids is 5. The summed E-state index contributed by atoms with van der Waals surface area (Å²) in [4.78, 5) is 114. The van der Waals surface area contributed by atoms with Gasteiger partial charge in [-0.1, -0.05) is 36.4 Å². The number of aliphatic hydroxyl groups is 1. The van der Waals surface area contributed by atoms with E-state index in [1.54, 1.807) is 232 Å². The molecule has 18 N–H and O–H groups in total. The van der Waals surface area contributed by atoms with Crippen LogP contribution in [0, 0.1) is 20.8 Å². The first-order chi connectivity index (χ1) is 58.1. The van der Waals surface area contributed by atoms with E-state index in [2.05, 4.69) is 86.8 Å². The van der Waals surface area contributed by atoms with E-state index < -0.39 is 11.9 Å². The number of ether oxygens (including phenoxy) is 3. The summed E-state index contributed by atoms with van der Waals surface area (Å²) in [5.41, 5.74) is 38.8. The molecule has 4 amide bonds. The second-order valence-electron chi connectivity index (χ2n) is 25.9. The van der Waals surface area contributed by atoms with E-state index in [1.807, 2.05) is 41.7 Å². The summed E-state index contributed by atoms with van der Waals surface area (Å²) in [5.74, 6) is -1.30. The third-order valence-corrected chi connectivity index (χ3v) is 17.8. The van der Waals surface area contributed by atoms with Crippen molar-refractivity contribution in [2.24, 2.45) is 5.73 Å². The number of methoxy groups -OCH3 is 3. The van der Waals surface area contributed by atoms with Crippen LogP contribution in [0.4, 0.5) is 69.0 Å². The molecule has 0 radical (unpaired) electrons. The van der Waals surface area contributed by atoms with Crippen LogP contribution in [-0.4, -0.2) is 164 Å². The quantitative estimate of drug-likeness (QED) is 0.0123. The smallest absolute Gasteiger partial charge is 0.870 e. The van der Waals surface area contributed by atoms with Crippen LogP contribution in [0.3, 0.4) is 0 Å². The van der Waals surface area contributed by atoms with E-state index in [4.69, 9.17) is 37.5 Å². The fraction of sp³-hybridized carbons (Fsp3) is 0.128. The normalized spacial score (nSPS) is 10.4. The molecular formula is C86H86N23NaO12. The zero-order valence-electron chi connectivity index (χ0n) is 67.5. The third kappa shape index (κ3) is 23.1. The number of aryl methyl sites for hydroxylation is 3. The topological polar surface area (TPSA) is 518 Å². The third-order valence-electron chi connectivity index (χ3n) is 17.8. The Bertz CT molecular complexity index is 6170. The molecule has 0 saturated carbocycles. The fourth-order valence-electron chi connectivity index (χ4n) is 12.0. The minimum atomic E-state index is -1.01. The number of hydrogen-bond acceptors (Lipinski definition) is 27. The van der Waals surface area contributed by atoms with Gasteiger partial charge in [0, 0.05) is 111 Å². The van der Waals surface area contributed by atoms with Gasteiger partial charge in [0.2, 0.25) is 17.8 Å². The molecule has 9 heterocycles. The SMILES string of the molecule is CO.COC(=O)c1ccn2c(-c3ccnc(Nc4ccc(C(=O)Nc5ccccc5N)cc4)n3)c(C)nc2c1.COCCN.COCCNC(=O)c1ccn2c(-c3ccnc(Nc4ccc(C(=O)Nc5ccccc5N)cc4)n3)c(C)nc2c1.Cc1nc2cc(C(=O)O)ccn2c1-c1ccnc(Nc2ccc(C(=O)Nc3ccccc3N)cc2)n1.[Na+].[OH-]. The Morgan fingerprint density at radius 3 is 1.03 bits per heavy atom. The number of benzene rings is 6. The number of carboxylic acids is 1. The molecule has 9 aromatic heterocycles. The molecule has 0 spiro atoms. The predicted molar refractivity (Wildman–Crippen MR) is 462 cm³/mol. The number of rotatable bonds is 23. The predicted octanol–water partition coefficient (Wildman–Crippen LogP) is 8.92. The van der Waals surface area contributed by atoms with E-state index in [0.717, 1.165) is 35.6 Å². The minimum Gasteiger partial charge on any atom is -0.870 e. The maximum atomic E-state index is 12.6. The van der Waals surface area contributed by atoms with Gasteiger partial charge in [-0.05, 0) is 185 Å². The maximum absolute atomic E-state index is 12.6. The molecule has 0 bridgehead atoms. The summed E-state index contributed by atoms with van der Waals surface area (Å²) in [6.45, 7) is 7.76. The Labute approximate surface area is 721 Å². The number of aromatic nitrogens is 12. The molecule has 0 unspecified atom stereocenters. The number of hydrogen-bond donors (Lipinski definition) is 13. The number of para-hydroxylation sites is 6. The van der Waals surface area contributed by atoms with Crippen LogP contribution in [0.1, 0.15) is 79.2 Å². The molecule has 15 rings (SSSR count). The molecule has 618 valence electrons. The Morgan fingerprint density at radius 2 is 0.721 bits per heavy atom. The largest absolute Gasteiger partial charge is 1.00 e. The van der Waals surface area contributed by atoms with Crippen LogP contribution in [0.2, 0.25) is 0 Å². The summed E-state index contributed by atoms with van der Waals surface area (Å²) in [7, 11) is 5.56. The van der Waals surface area contributed by atoms with Gasteiger partial charge in [0.1, 0.15) is 16.9 Å². The molecule has 0 aliphatic carbocycles. The van der Waals surface area contributed by atoms with Crippen LogP contribution >= 0.6 is 0 Å². The number of aliphatic hydroxyl groups excluding tert-OH is 1. The van der Waals surface area contributed by atoms with Crippen molar-refractivity contribution in [3.05, 3.63) is 288 Å². The summed E-state index contributed by atoms with van der Waals surface area (Å²) < 4.78 is 19.9. The number of nitrogens with two attached hydrogens (primary N) is 4. The Hall–Kier alpha value is -15.0. The number of carboxylic acid groups (broad SMARTS) is 1. The fourth-order valence-corrected chi connectivity index (χ4v) is 12.0. The summed E-state index contributed by atoms with van der Waals surface area (Å²) in [6.07, 6.45) is 10.2. The molecule has 0 saturated heterocycles. The number of pyridine rings is 3. The van der Waals surface area contributed by atoms with Crippen molar-refractivity contribution in [3.63, 3.8) is 0 Å². The van der Waals surface area contributed by atoms with Gasteiger partial charge in [-0.2, -0.15) is 0 Å². The Morgan fingerprint density at radius 1 is 0.402 bits per heavy atom. The van der Waals surface area contributed by atoms with Crippen molar-refractivity contribution >= 4 is 122 Å². The summed E-state index contributed by atoms with van der Waals surface area (Å²) >= 11 is 0. The number of amides is 4. The first-order valence-electron chi connectivity index (χ1n) is 36.9. The van der Waals surface area contributed by atoms with E-state index >= 15 is 0 Å². The van der Waals surface area contributed by atoms with Crippen LogP contribution in [0.25, 0.3) is 51.1 Å². The number of fused-ring (bicyclic) bond motifs is 3. The van der Waals surface area contributed by atoms with Crippen molar-refractivity contribution < 1.29 is 88.2 Å². The summed E-state index contributed by atoms with van der Waals surface area (Å²) in [5, 5.41) is 37.0. The summed E-state index contributed by atoms with van der Waals surface area (Å²) in [6, 6.07) is 57.3. The molecule has 35 nitrogen and oxygen atoms in total. The molecule has 0 aliphatic rings. The van der Waals surface area contributed by atoms with Crippen LogP contribution < -0.4 is 89.7 Å². The van der Waals surface area contributed by atoms with E-state index in [0.29, 0.717) is 163 Å². The molecule has 15 aromatic rings. The van der Waals surface area contributed by atoms with Crippen LogP contribution in [0.5, 0.6) is 0 Å². The number of imidazole rings is 3. The maximum Gasteiger partial charge on any atom is 1.00 e. The zero-order chi connectivity index (χ0) is 85.4. The van der Waals surface area contributed by atoms with Crippen molar-refractivity contribution in [1.82, 2.24) is 63.4 Å². The first-order valence-corrected chi connectivity index (χ1v) is 36.9. The average Bonchev–Trinajstić information content (AvgIpc) is 1.64. The number of anilines is 12. The van der Waals surface area contributed by atoms with Gasteiger partial charge in [-0.25, -0.2) is 54.4 Å². The van der Waals surface area contributed by atoms with E-state index in [-0.39, 0.29) is 64.2 Å². The van der Waals surface area contributed by atoms with Gasteiger partial charge in [0.25, 0.3) is 23.6 Å². The van der Waals surface area contributed by atoms with Crippen LogP contribution in [-0.2, 0) is 14.2 Å². The van der Waals surface area contributed by atoms with Crippen molar-refractivity contribution in [2.75, 3.05) is 104 Å². The molecule has 0 fully saturated rings. The van der Waals surface area contributed by atoms with Gasteiger partial charge in [0.15, 0.2) is 0 Å². The van der Waals surface area contributed by atoms with Gasteiger partial charge >= 0.3 is 41.5 Å². The second-order valence-corrected chi connectivity index (χ2v) is 25.9. The van der Waals surface area contributed by atoms with E-state index in [1.165, 1.54) is 19.2 Å². The van der Waals surface area contributed by atoms with Crippen molar-refractivity contribution in [1.29, 1.82) is 0 Å². The van der Waals surface area contributed by atoms with Gasteiger partial charge < -0.3 is 90.1 Å². The first kappa shape index (κ1) is 91.0. The van der Waals surface area contributed by atoms with Gasteiger partial charge in [-0.3, -0.25) is 32.4 Å². The Balaban J connectivity index is 0.000000198. The average molecular weight is 1660 g/mol. The van der Waals surface area contributed by atoms with E-state index in [9.17, 15) is 33.9 Å². The molecule has 6 aromatic carbocycles.